The highest BCUT2D eigenvalue weighted by atomic mass is 16.5. The fourth-order valence-corrected chi connectivity index (χ4v) is 4.34. The van der Waals surface area contributed by atoms with Crippen LogP contribution in [0.15, 0.2) is 48.5 Å². The van der Waals surface area contributed by atoms with Crippen LogP contribution in [0.5, 0.6) is 0 Å². The predicted octanol–water partition coefficient (Wildman–Crippen LogP) is 2.15. The number of carbonyl (C=O) groups excluding carboxylic acids is 2. The number of amides is 2. The third kappa shape index (κ3) is 5.73. The molecule has 9 nitrogen and oxygen atoms in total. The van der Waals surface area contributed by atoms with Crippen LogP contribution in [-0.4, -0.2) is 68.7 Å². The maximum atomic E-state index is 12.1. The number of nitrogens with one attached hydrogen (secondary N) is 2. The molecule has 2 aromatic carbocycles. The van der Waals surface area contributed by atoms with Gasteiger partial charge in [-0.25, -0.2) is 4.79 Å². The van der Waals surface area contributed by atoms with Gasteiger partial charge in [0.2, 0.25) is 5.91 Å². The highest BCUT2D eigenvalue weighted by Crippen LogP contribution is 2.44. The average molecular weight is 469 g/mol. The first kappa shape index (κ1) is 23.7. The van der Waals surface area contributed by atoms with E-state index in [1.165, 1.54) is 11.1 Å². The summed E-state index contributed by atoms with van der Waals surface area (Å²) in [5.41, 5.74) is 4.62. The molecule has 0 aromatic heterocycles. The van der Waals surface area contributed by atoms with Gasteiger partial charge in [-0.3, -0.25) is 9.59 Å². The lowest BCUT2D eigenvalue weighted by Crippen LogP contribution is -2.35. The van der Waals surface area contributed by atoms with E-state index in [9.17, 15) is 14.4 Å². The molecule has 0 unspecified atom stereocenters. The van der Waals surface area contributed by atoms with E-state index >= 15 is 0 Å². The SMILES string of the molecule is O=C(COCCNC(=O)OCC1c2ccccc2-c2ccccc21)NC[C@@H]1C[C@H](C(=O)O)CO1. The molecule has 4 rings (SSSR count). The van der Waals surface area contributed by atoms with Crippen LogP contribution in [0, 0.1) is 5.92 Å². The second-order valence-electron chi connectivity index (χ2n) is 8.34. The van der Waals surface area contributed by atoms with Gasteiger partial charge in [-0.1, -0.05) is 48.5 Å². The molecule has 0 bridgehead atoms. The van der Waals surface area contributed by atoms with E-state index < -0.39 is 18.0 Å². The normalized spacial score (nSPS) is 18.7. The van der Waals surface area contributed by atoms with Crippen molar-refractivity contribution in [1.29, 1.82) is 0 Å². The predicted molar refractivity (Wildman–Crippen MR) is 122 cm³/mol. The fraction of sp³-hybridized carbons (Fsp3) is 0.400. The Morgan fingerprint density at radius 3 is 2.32 bits per heavy atom. The topological polar surface area (TPSA) is 123 Å². The molecule has 9 heteroatoms. The van der Waals surface area contributed by atoms with E-state index in [1.54, 1.807) is 0 Å². The smallest absolute Gasteiger partial charge is 0.407 e. The number of carboxylic acids is 1. The second kappa shape index (κ2) is 11.1. The number of alkyl carbamates (subject to hydrolysis) is 1. The summed E-state index contributed by atoms with van der Waals surface area (Å²) in [4.78, 5) is 34.9. The minimum absolute atomic E-state index is 0.00674. The zero-order chi connectivity index (χ0) is 23.9. The van der Waals surface area contributed by atoms with Crippen LogP contribution in [0.2, 0.25) is 0 Å². The molecule has 1 aliphatic carbocycles. The van der Waals surface area contributed by atoms with Gasteiger partial charge in [-0.2, -0.15) is 0 Å². The Morgan fingerprint density at radius 1 is 1.00 bits per heavy atom. The van der Waals surface area contributed by atoms with Crippen LogP contribution in [0.1, 0.15) is 23.5 Å². The van der Waals surface area contributed by atoms with E-state index in [2.05, 4.69) is 34.9 Å². The number of aliphatic carboxylic acids is 1. The van der Waals surface area contributed by atoms with Crippen molar-refractivity contribution in [3.8, 4) is 11.1 Å². The number of ether oxygens (including phenoxy) is 3. The van der Waals surface area contributed by atoms with E-state index in [0.717, 1.165) is 11.1 Å². The standard InChI is InChI=1S/C25H28N2O7/c28-23(27-12-17-11-16(13-33-17)24(29)30)15-32-10-9-26-25(31)34-14-22-20-7-3-1-5-18(20)19-6-2-4-8-21(19)22/h1-8,16-17,22H,9-15H2,(H,26,31)(H,27,28)(H,29,30)/t16-,17-/m0/s1. The molecular formula is C25H28N2O7. The highest BCUT2D eigenvalue weighted by Gasteiger charge is 2.31. The number of carboxylic acid groups (broad SMARTS) is 1. The summed E-state index contributed by atoms with van der Waals surface area (Å²) in [6.07, 6.45) is -0.470. The Labute approximate surface area is 197 Å². The molecule has 180 valence electrons. The number of carbonyl (C=O) groups is 3. The van der Waals surface area contributed by atoms with E-state index in [-0.39, 0.29) is 57.4 Å². The zero-order valence-electron chi connectivity index (χ0n) is 18.7. The first-order chi connectivity index (χ1) is 16.5. The molecule has 0 radical (unpaired) electrons. The van der Waals surface area contributed by atoms with Crippen LogP contribution >= 0.6 is 0 Å². The van der Waals surface area contributed by atoms with Crippen molar-refractivity contribution in [2.75, 3.05) is 39.5 Å². The fourth-order valence-electron chi connectivity index (χ4n) is 4.34. The van der Waals surface area contributed by atoms with Gasteiger partial charge in [-0.15, -0.1) is 0 Å². The summed E-state index contributed by atoms with van der Waals surface area (Å²) in [6, 6.07) is 16.3. The van der Waals surface area contributed by atoms with Crippen LogP contribution in [0.25, 0.3) is 11.1 Å². The van der Waals surface area contributed by atoms with Gasteiger partial charge >= 0.3 is 12.1 Å². The lowest BCUT2D eigenvalue weighted by Gasteiger charge is -2.14. The van der Waals surface area contributed by atoms with E-state index in [1.807, 2.05) is 24.3 Å². The van der Waals surface area contributed by atoms with Crippen molar-refractivity contribution >= 4 is 18.0 Å². The Kier molecular flexibility index (Phi) is 7.76. The quantitative estimate of drug-likeness (QED) is 0.457. The number of hydrogen-bond acceptors (Lipinski definition) is 6. The molecule has 2 aliphatic rings. The Balaban J connectivity index is 1.10. The van der Waals surface area contributed by atoms with Crippen LogP contribution < -0.4 is 10.6 Å². The van der Waals surface area contributed by atoms with Crippen molar-refractivity contribution in [1.82, 2.24) is 10.6 Å². The van der Waals surface area contributed by atoms with Crippen LogP contribution in [0.4, 0.5) is 4.79 Å². The molecule has 2 atom stereocenters. The minimum atomic E-state index is -0.888. The van der Waals surface area contributed by atoms with Crippen molar-refractivity contribution in [2.24, 2.45) is 5.92 Å². The third-order valence-electron chi connectivity index (χ3n) is 6.05. The number of fused-ring (bicyclic) bond motifs is 3. The van der Waals surface area contributed by atoms with Gasteiger partial charge < -0.3 is 30.0 Å². The first-order valence-corrected chi connectivity index (χ1v) is 11.3. The Morgan fingerprint density at radius 2 is 1.68 bits per heavy atom. The minimum Gasteiger partial charge on any atom is -0.481 e. The third-order valence-corrected chi connectivity index (χ3v) is 6.05. The molecule has 34 heavy (non-hydrogen) atoms. The van der Waals surface area contributed by atoms with Crippen molar-refractivity contribution in [2.45, 2.75) is 18.4 Å². The summed E-state index contributed by atoms with van der Waals surface area (Å²) in [7, 11) is 0. The molecule has 1 aliphatic heterocycles. The number of rotatable bonds is 10. The summed E-state index contributed by atoms with van der Waals surface area (Å²) in [5, 5.41) is 14.2. The second-order valence-corrected chi connectivity index (χ2v) is 8.34. The van der Waals surface area contributed by atoms with Gasteiger partial charge in [0.15, 0.2) is 0 Å². The molecule has 2 aromatic rings. The molecular weight excluding hydrogens is 440 g/mol. The largest absolute Gasteiger partial charge is 0.481 e. The highest BCUT2D eigenvalue weighted by molar-refractivity contribution is 5.79. The molecule has 3 N–H and O–H groups in total. The summed E-state index contributed by atoms with van der Waals surface area (Å²) < 4.78 is 16.1. The molecule has 1 saturated heterocycles. The average Bonchev–Trinajstić information content (AvgIpc) is 3.44. The van der Waals surface area contributed by atoms with Crippen LogP contribution in [0.3, 0.4) is 0 Å². The Bertz CT molecular complexity index is 996. The van der Waals surface area contributed by atoms with Gasteiger partial charge in [0.1, 0.15) is 13.2 Å². The lowest BCUT2D eigenvalue weighted by atomic mass is 9.98. The van der Waals surface area contributed by atoms with Gasteiger partial charge in [0.25, 0.3) is 0 Å². The first-order valence-electron chi connectivity index (χ1n) is 11.3. The molecule has 1 heterocycles. The Hall–Kier alpha value is -3.43. The van der Waals surface area contributed by atoms with Gasteiger partial charge in [0, 0.05) is 19.0 Å². The van der Waals surface area contributed by atoms with E-state index in [4.69, 9.17) is 19.3 Å². The molecule has 0 saturated carbocycles. The monoisotopic (exact) mass is 468 g/mol. The summed E-state index contributed by atoms with van der Waals surface area (Å²) in [6.45, 7) is 0.822. The molecule has 0 spiro atoms. The molecule has 2 amide bonds. The van der Waals surface area contributed by atoms with Gasteiger partial charge in [0.05, 0.1) is 25.2 Å². The maximum Gasteiger partial charge on any atom is 0.407 e. The van der Waals surface area contributed by atoms with Crippen molar-refractivity contribution in [3.05, 3.63) is 59.7 Å². The summed E-state index contributed by atoms with van der Waals surface area (Å²) in [5.74, 6) is -1.75. The van der Waals surface area contributed by atoms with Crippen molar-refractivity contribution < 1.29 is 33.7 Å². The van der Waals surface area contributed by atoms with Crippen LogP contribution in [-0.2, 0) is 23.8 Å². The molecule has 1 fully saturated rings. The van der Waals surface area contributed by atoms with E-state index in [0.29, 0.717) is 6.42 Å². The van der Waals surface area contributed by atoms with Gasteiger partial charge in [-0.05, 0) is 28.7 Å². The maximum absolute atomic E-state index is 12.1. The number of hydrogen-bond donors (Lipinski definition) is 3. The van der Waals surface area contributed by atoms with Crippen molar-refractivity contribution in [3.63, 3.8) is 0 Å². The number of benzene rings is 2. The lowest BCUT2D eigenvalue weighted by molar-refractivity contribution is -0.141. The summed E-state index contributed by atoms with van der Waals surface area (Å²) >= 11 is 0. The zero-order valence-corrected chi connectivity index (χ0v) is 18.7.